The number of ether oxygens (including phenoxy) is 2. The van der Waals surface area contributed by atoms with Gasteiger partial charge in [0.2, 0.25) is 0 Å². The van der Waals surface area contributed by atoms with Crippen molar-refractivity contribution in [3.05, 3.63) is 70.0 Å². The Morgan fingerprint density at radius 3 is 2.70 bits per heavy atom. The van der Waals surface area contributed by atoms with Gasteiger partial charge in [-0.3, -0.25) is 14.7 Å². The largest absolute Gasteiger partial charge is 0.486 e. The second kappa shape index (κ2) is 10.3. The van der Waals surface area contributed by atoms with Gasteiger partial charge >= 0.3 is 0 Å². The lowest BCUT2D eigenvalue weighted by Gasteiger charge is -2.31. The molecule has 0 saturated heterocycles. The number of fused-ring (bicyclic) bond motifs is 2. The number of aromatic nitrogens is 6. The van der Waals surface area contributed by atoms with E-state index in [4.69, 9.17) is 9.47 Å². The number of benzene rings is 1. The molecule has 1 fully saturated rings. The third-order valence-corrected chi connectivity index (χ3v) is 7.38. The number of aromatic amines is 1. The molecule has 1 saturated carbocycles. The Hall–Kier alpha value is -3.79. The van der Waals surface area contributed by atoms with Gasteiger partial charge < -0.3 is 14.5 Å². The van der Waals surface area contributed by atoms with E-state index >= 15 is 0 Å². The Morgan fingerprint density at radius 1 is 1.14 bits per heavy atom. The van der Waals surface area contributed by atoms with E-state index in [0.29, 0.717) is 49.4 Å². The topological polar surface area (TPSA) is 111 Å². The molecule has 0 amide bonds. The molecule has 1 atom stereocenters. The summed E-state index contributed by atoms with van der Waals surface area (Å²) in [5, 5.41) is 13.8. The van der Waals surface area contributed by atoms with Crippen molar-refractivity contribution < 1.29 is 9.47 Å². The minimum Gasteiger partial charge on any atom is -0.486 e. The smallest absolute Gasteiger partial charge is 0.252 e. The molecule has 4 heterocycles. The summed E-state index contributed by atoms with van der Waals surface area (Å²) < 4.78 is 13.5. The zero-order chi connectivity index (χ0) is 25.2. The summed E-state index contributed by atoms with van der Waals surface area (Å²) in [5.41, 5.74) is 2.35. The van der Waals surface area contributed by atoms with Crippen molar-refractivity contribution in [2.45, 2.75) is 64.2 Å². The monoisotopic (exact) mass is 501 g/mol. The number of H-pyrrole nitrogens is 1. The van der Waals surface area contributed by atoms with Crippen LogP contribution in [0.4, 0.5) is 0 Å². The summed E-state index contributed by atoms with van der Waals surface area (Å²) in [7, 11) is 0. The van der Waals surface area contributed by atoms with Gasteiger partial charge in [-0.2, -0.15) is 0 Å². The Bertz CT molecular complexity index is 1430. The van der Waals surface area contributed by atoms with Crippen LogP contribution in [0.1, 0.15) is 68.1 Å². The van der Waals surface area contributed by atoms with Crippen molar-refractivity contribution in [3.8, 4) is 11.5 Å². The van der Waals surface area contributed by atoms with Crippen LogP contribution in [0, 0.1) is 0 Å². The lowest BCUT2D eigenvalue weighted by Crippen LogP contribution is -2.32. The van der Waals surface area contributed by atoms with Crippen molar-refractivity contribution >= 4 is 10.9 Å². The molecule has 0 unspecified atom stereocenters. The molecule has 10 heteroatoms. The molecule has 192 valence electrons. The Balaban J connectivity index is 1.37. The van der Waals surface area contributed by atoms with Crippen LogP contribution < -0.4 is 15.0 Å². The maximum atomic E-state index is 13.3. The molecule has 37 heavy (non-hydrogen) atoms. The highest BCUT2D eigenvalue weighted by atomic mass is 16.6. The number of pyridine rings is 2. The first-order chi connectivity index (χ1) is 18.2. The van der Waals surface area contributed by atoms with Gasteiger partial charge in [-0.1, -0.05) is 25.8 Å². The van der Waals surface area contributed by atoms with Crippen molar-refractivity contribution in [2.75, 3.05) is 13.2 Å². The molecule has 0 radical (unpaired) electrons. The minimum atomic E-state index is -0.120. The van der Waals surface area contributed by atoms with E-state index in [0.717, 1.165) is 41.6 Å². The molecule has 3 aromatic heterocycles. The fourth-order valence-corrected chi connectivity index (χ4v) is 5.56. The van der Waals surface area contributed by atoms with Crippen LogP contribution in [0.5, 0.6) is 11.5 Å². The fourth-order valence-electron chi connectivity index (χ4n) is 5.56. The lowest BCUT2D eigenvalue weighted by atomic mass is 10.1. The van der Waals surface area contributed by atoms with Crippen LogP contribution in [-0.2, 0) is 13.1 Å². The maximum absolute atomic E-state index is 13.3. The van der Waals surface area contributed by atoms with Gasteiger partial charge in [-0.15, -0.1) is 5.10 Å². The number of nitrogens with one attached hydrogen (secondary N) is 1. The summed E-state index contributed by atoms with van der Waals surface area (Å²) in [6.45, 7) is 4.21. The average Bonchev–Trinajstić information content (AvgIpc) is 3.62. The Kier molecular flexibility index (Phi) is 6.57. The number of tetrazole rings is 1. The van der Waals surface area contributed by atoms with E-state index in [1.807, 2.05) is 35.1 Å². The standard InChI is InChI=1S/C27H31N7O3/c1-2-23(26-30-31-32-34(26)21-7-3-4-8-21)33(16-18-6-5-9-28-15-18)17-20-12-19-13-24-25(37-11-10-36-24)14-22(19)29-27(20)35/h5-6,9,12-15,21,23H,2-4,7-8,10-11,16-17H2,1H3,(H,29,35)/t23-/m1/s1. The number of hydrogen-bond acceptors (Lipinski definition) is 8. The predicted octanol–water partition coefficient (Wildman–Crippen LogP) is 3.95. The average molecular weight is 502 g/mol. The van der Waals surface area contributed by atoms with Gasteiger partial charge in [0.05, 0.1) is 17.6 Å². The highest BCUT2D eigenvalue weighted by molar-refractivity contribution is 5.83. The molecule has 2 aliphatic rings. The van der Waals surface area contributed by atoms with Gasteiger partial charge in [0.1, 0.15) is 13.2 Å². The summed E-state index contributed by atoms with van der Waals surface area (Å²) >= 11 is 0. The molecule has 10 nitrogen and oxygen atoms in total. The molecule has 1 aromatic carbocycles. The van der Waals surface area contributed by atoms with E-state index in [2.05, 4.69) is 43.4 Å². The number of rotatable bonds is 8. The van der Waals surface area contributed by atoms with Crippen LogP contribution in [-0.4, -0.2) is 48.3 Å². The predicted molar refractivity (Wildman–Crippen MR) is 137 cm³/mol. The van der Waals surface area contributed by atoms with E-state index in [1.165, 1.54) is 12.8 Å². The van der Waals surface area contributed by atoms with Crippen molar-refractivity contribution in [1.82, 2.24) is 35.1 Å². The van der Waals surface area contributed by atoms with Crippen LogP contribution in [0.25, 0.3) is 10.9 Å². The minimum absolute atomic E-state index is 0.0637. The summed E-state index contributed by atoms with van der Waals surface area (Å²) in [5.74, 6) is 2.21. The second-order valence-corrected chi connectivity index (χ2v) is 9.82. The Morgan fingerprint density at radius 2 is 1.95 bits per heavy atom. The van der Waals surface area contributed by atoms with Crippen molar-refractivity contribution in [2.24, 2.45) is 0 Å². The van der Waals surface area contributed by atoms with Gasteiger partial charge in [0.15, 0.2) is 17.3 Å². The van der Waals surface area contributed by atoms with E-state index in [1.54, 1.807) is 6.20 Å². The molecule has 0 bridgehead atoms. The molecule has 1 N–H and O–H groups in total. The number of nitrogens with zero attached hydrogens (tertiary/aromatic N) is 6. The van der Waals surface area contributed by atoms with Gasteiger partial charge in [0.25, 0.3) is 5.56 Å². The van der Waals surface area contributed by atoms with E-state index < -0.39 is 0 Å². The van der Waals surface area contributed by atoms with Gasteiger partial charge in [0, 0.05) is 42.5 Å². The van der Waals surface area contributed by atoms with Crippen LogP contribution >= 0.6 is 0 Å². The SMILES string of the molecule is CC[C@H](c1nnnn1C1CCCC1)N(Cc1cccnc1)Cc1cc2cc3c(cc2[nH]c1=O)OCCO3. The third-order valence-electron chi connectivity index (χ3n) is 7.38. The molecule has 1 aliphatic heterocycles. The molecule has 6 rings (SSSR count). The zero-order valence-corrected chi connectivity index (χ0v) is 21.0. The van der Waals surface area contributed by atoms with Crippen molar-refractivity contribution in [3.63, 3.8) is 0 Å². The van der Waals surface area contributed by atoms with E-state index in [9.17, 15) is 4.79 Å². The lowest BCUT2D eigenvalue weighted by molar-refractivity contribution is 0.158. The summed E-state index contributed by atoms with van der Waals surface area (Å²) in [6.07, 6.45) is 9.03. The molecule has 1 aliphatic carbocycles. The molecule has 0 spiro atoms. The summed E-state index contributed by atoms with van der Waals surface area (Å²) in [4.78, 5) is 22.9. The molecular weight excluding hydrogens is 470 g/mol. The normalized spacial score (nSPS) is 16.5. The Labute approximate surface area is 214 Å². The number of hydrogen-bond donors (Lipinski definition) is 1. The van der Waals surface area contributed by atoms with Crippen LogP contribution in [0.15, 0.2) is 47.5 Å². The first-order valence-electron chi connectivity index (χ1n) is 13.1. The van der Waals surface area contributed by atoms with Crippen LogP contribution in [0.2, 0.25) is 0 Å². The third kappa shape index (κ3) is 4.81. The fraction of sp³-hybridized carbons (Fsp3) is 0.444. The van der Waals surface area contributed by atoms with Gasteiger partial charge in [-0.05, 0) is 53.5 Å². The molecular formula is C27H31N7O3. The highest BCUT2D eigenvalue weighted by Gasteiger charge is 2.30. The molecule has 4 aromatic rings. The first-order valence-corrected chi connectivity index (χ1v) is 13.1. The van der Waals surface area contributed by atoms with Crippen LogP contribution in [0.3, 0.4) is 0 Å². The van der Waals surface area contributed by atoms with E-state index in [-0.39, 0.29) is 11.6 Å². The second-order valence-electron chi connectivity index (χ2n) is 9.82. The maximum Gasteiger partial charge on any atom is 0.252 e. The zero-order valence-electron chi connectivity index (χ0n) is 21.0. The first kappa shape index (κ1) is 23.6. The van der Waals surface area contributed by atoms with Crippen molar-refractivity contribution in [1.29, 1.82) is 0 Å². The summed E-state index contributed by atoms with van der Waals surface area (Å²) in [6, 6.07) is 9.99. The quantitative estimate of drug-likeness (QED) is 0.386. The highest BCUT2D eigenvalue weighted by Crippen LogP contribution is 2.35. The van der Waals surface area contributed by atoms with Gasteiger partial charge in [-0.25, -0.2) is 4.68 Å².